The van der Waals surface area contributed by atoms with Crippen LogP contribution in [0.3, 0.4) is 0 Å². The molecule has 1 rings (SSSR count). The van der Waals surface area contributed by atoms with E-state index in [2.05, 4.69) is 41.8 Å². The summed E-state index contributed by atoms with van der Waals surface area (Å²) in [5, 5.41) is 5.25. The summed E-state index contributed by atoms with van der Waals surface area (Å²) in [5.74, 6) is 0. The molecule has 3 heteroatoms. The number of nitrogens with zero attached hydrogens (tertiary/aromatic N) is 2. The molecule has 0 radical (unpaired) electrons. The monoisotopic (exact) mass is 244 g/mol. The lowest BCUT2D eigenvalue weighted by atomic mass is 9.89. The molecule has 0 amide bonds. The summed E-state index contributed by atoms with van der Waals surface area (Å²) in [6.45, 7) is 6.63. The van der Waals surface area contributed by atoms with E-state index in [-0.39, 0.29) is 0 Å². The Morgan fingerprint density at radius 3 is 2.54 bits per heavy atom. The molecule has 0 N–H and O–H groups in total. The Labute approximate surface area is 88.5 Å². The average Bonchev–Trinajstić information content (AvgIpc) is 2.36. The Bertz CT molecular complexity index is 270. The average molecular weight is 245 g/mol. The second kappa shape index (κ2) is 3.82. The number of rotatable bonds is 3. The molecule has 0 saturated carbocycles. The fourth-order valence-electron chi connectivity index (χ4n) is 1.33. The molecule has 13 heavy (non-hydrogen) atoms. The molecule has 0 atom stereocenters. The highest BCUT2D eigenvalue weighted by Gasteiger charge is 2.19. The maximum atomic E-state index is 4.24. The third kappa shape index (κ3) is 2.56. The molecule has 0 fully saturated rings. The Morgan fingerprint density at radius 1 is 1.54 bits per heavy atom. The van der Waals surface area contributed by atoms with E-state index < -0.39 is 0 Å². The van der Waals surface area contributed by atoms with Crippen molar-refractivity contribution >= 4 is 15.9 Å². The number of hydrogen-bond acceptors (Lipinski definition) is 1. The van der Waals surface area contributed by atoms with Crippen molar-refractivity contribution in [1.29, 1.82) is 0 Å². The Kier molecular flexibility index (Phi) is 3.17. The van der Waals surface area contributed by atoms with Crippen LogP contribution >= 0.6 is 15.9 Å². The van der Waals surface area contributed by atoms with Gasteiger partial charge in [-0.25, -0.2) is 0 Å². The molecule has 2 nitrogen and oxygen atoms in total. The van der Waals surface area contributed by atoms with Gasteiger partial charge in [-0.2, -0.15) is 5.10 Å². The van der Waals surface area contributed by atoms with Gasteiger partial charge in [0.15, 0.2) is 0 Å². The third-order valence-electron chi connectivity index (χ3n) is 2.28. The van der Waals surface area contributed by atoms with Gasteiger partial charge >= 0.3 is 0 Å². The molecular formula is C10H17BrN2. The van der Waals surface area contributed by atoms with Crippen molar-refractivity contribution in [2.45, 2.75) is 27.2 Å². The van der Waals surface area contributed by atoms with Crippen molar-refractivity contribution in [3.63, 3.8) is 0 Å². The predicted molar refractivity (Wildman–Crippen MR) is 59.2 cm³/mol. The summed E-state index contributed by atoms with van der Waals surface area (Å²) in [6, 6.07) is 0. The first-order valence-electron chi connectivity index (χ1n) is 4.50. The number of halogens is 1. The zero-order valence-corrected chi connectivity index (χ0v) is 10.3. The minimum absolute atomic E-state index is 0.304. The lowest BCUT2D eigenvalue weighted by Gasteiger charge is -2.21. The fourth-order valence-corrected chi connectivity index (χ4v) is 1.53. The van der Waals surface area contributed by atoms with E-state index in [1.165, 1.54) is 11.3 Å². The SMILES string of the molecule is Cc1cnn(C)c1CC(C)(C)CBr. The zero-order valence-electron chi connectivity index (χ0n) is 8.76. The first kappa shape index (κ1) is 10.8. The fraction of sp³-hybridized carbons (Fsp3) is 0.700. The van der Waals surface area contributed by atoms with Crippen molar-refractivity contribution in [3.05, 3.63) is 17.5 Å². The van der Waals surface area contributed by atoms with E-state index in [0.29, 0.717) is 5.41 Å². The van der Waals surface area contributed by atoms with Crippen LogP contribution in [0.15, 0.2) is 6.20 Å². The summed E-state index contributed by atoms with van der Waals surface area (Å²) >= 11 is 3.54. The number of aromatic nitrogens is 2. The van der Waals surface area contributed by atoms with Gasteiger partial charge in [0.25, 0.3) is 0 Å². The lowest BCUT2D eigenvalue weighted by molar-refractivity contribution is 0.409. The predicted octanol–water partition coefficient (Wildman–Crippen LogP) is 2.69. The maximum Gasteiger partial charge on any atom is 0.0521 e. The maximum absolute atomic E-state index is 4.24. The van der Waals surface area contributed by atoms with E-state index in [1.807, 2.05) is 17.9 Å². The second-order valence-corrected chi connectivity index (χ2v) is 4.93. The molecule has 1 aromatic rings. The molecule has 0 saturated heterocycles. The number of aryl methyl sites for hydroxylation is 2. The van der Waals surface area contributed by atoms with Crippen LogP contribution in [0.1, 0.15) is 25.1 Å². The zero-order chi connectivity index (χ0) is 10.1. The van der Waals surface area contributed by atoms with Gasteiger partial charge in [-0.15, -0.1) is 0 Å². The summed E-state index contributed by atoms with van der Waals surface area (Å²) in [4.78, 5) is 0. The number of hydrogen-bond donors (Lipinski definition) is 0. The largest absolute Gasteiger partial charge is 0.272 e. The number of alkyl halides is 1. The molecule has 0 aliphatic carbocycles. The standard InChI is InChI=1S/C10H17BrN2/c1-8-6-12-13(4)9(8)5-10(2,3)7-11/h6H,5,7H2,1-4H3. The summed E-state index contributed by atoms with van der Waals surface area (Å²) in [7, 11) is 2.01. The van der Waals surface area contributed by atoms with Gasteiger partial charge in [-0.3, -0.25) is 4.68 Å². The Morgan fingerprint density at radius 2 is 2.15 bits per heavy atom. The van der Waals surface area contributed by atoms with Gasteiger partial charge < -0.3 is 0 Å². The van der Waals surface area contributed by atoms with Crippen LogP contribution in [0.4, 0.5) is 0 Å². The molecule has 1 heterocycles. The first-order chi connectivity index (χ1) is 5.96. The molecule has 0 spiro atoms. The third-order valence-corrected chi connectivity index (χ3v) is 3.80. The van der Waals surface area contributed by atoms with Crippen molar-refractivity contribution in [2.75, 3.05) is 5.33 Å². The minimum Gasteiger partial charge on any atom is -0.272 e. The summed E-state index contributed by atoms with van der Waals surface area (Å²) < 4.78 is 1.97. The molecular weight excluding hydrogens is 228 g/mol. The van der Waals surface area contributed by atoms with Crippen molar-refractivity contribution in [1.82, 2.24) is 9.78 Å². The van der Waals surface area contributed by atoms with Gasteiger partial charge in [0.2, 0.25) is 0 Å². The van der Waals surface area contributed by atoms with Crippen LogP contribution in [0.5, 0.6) is 0 Å². The van der Waals surface area contributed by atoms with Crippen LogP contribution < -0.4 is 0 Å². The molecule has 0 aromatic carbocycles. The Balaban J connectivity index is 2.85. The van der Waals surface area contributed by atoms with Gasteiger partial charge in [0, 0.05) is 18.1 Å². The summed E-state index contributed by atoms with van der Waals surface area (Å²) in [6.07, 6.45) is 3.00. The topological polar surface area (TPSA) is 17.8 Å². The van der Waals surface area contributed by atoms with Gasteiger partial charge in [0.05, 0.1) is 6.20 Å². The van der Waals surface area contributed by atoms with Gasteiger partial charge in [-0.05, 0) is 24.3 Å². The van der Waals surface area contributed by atoms with Crippen LogP contribution in [-0.2, 0) is 13.5 Å². The van der Waals surface area contributed by atoms with Crippen LogP contribution in [0.2, 0.25) is 0 Å². The van der Waals surface area contributed by atoms with Crippen molar-refractivity contribution in [2.24, 2.45) is 12.5 Å². The second-order valence-electron chi connectivity index (χ2n) is 4.37. The summed E-state index contributed by atoms with van der Waals surface area (Å²) in [5.41, 5.74) is 2.93. The molecule has 1 aromatic heterocycles. The minimum atomic E-state index is 0.304. The van der Waals surface area contributed by atoms with Crippen molar-refractivity contribution < 1.29 is 0 Å². The van der Waals surface area contributed by atoms with Crippen molar-refractivity contribution in [3.8, 4) is 0 Å². The smallest absolute Gasteiger partial charge is 0.0521 e. The molecule has 0 bridgehead atoms. The van der Waals surface area contributed by atoms with E-state index in [4.69, 9.17) is 0 Å². The molecule has 0 unspecified atom stereocenters. The molecule has 0 aliphatic heterocycles. The molecule has 0 aliphatic rings. The van der Waals surface area contributed by atoms with Gasteiger partial charge in [0.1, 0.15) is 0 Å². The highest BCUT2D eigenvalue weighted by Crippen LogP contribution is 2.25. The lowest BCUT2D eigenvalue weighted by Crippen LogP contribution is -2.19. The normalized spacial score (nSPS) is 12.1. The van der Waals surface area contributed by atoms with Gasteiger partial charge in [-0.1, -0.05) is 29.8 Å². The highest BCUT2D eigenvalue weighted by molar-refractivity contribution is 9.09. The Hall–Kier alpha value is -0.310. The van der Waals surface area contributed by atoms with E-state index in [1.54, 1.807) is 0 Å². The van der Waals surface area contributed by atoms with Crippen LogP contribution in [0, 0.1) is 12.3 Å². The van der Waals surface area contributed by atoms with E-state index in [0.717, 1.165) is 11.8 Å². The van der Waals surface area contributed by atoms with Crippen LogP contribution in [0.25, 0.3) is 0 Å². The molecule has 74 valence electrons. The quantitative estimate of drug-likeness (QED) is 0.748. The highest BCUT2D eigenvalue weighted by atomic mass is 79.9. The van der Waals surface area contributed by atoms with E-state index in [9.17, 15) is 0 Å². The first-order valence-corrected chi connectivity index (χ1v) is 5.62. The van der Waals surface area contributed by atoms with Crippen LogP contribution in [-0.4, -0.2) is 15.1 Å². The van der Waals surface area contributed by atoms with E-state index >= 15 is 0 Å².